The van der Waals surface area contributed by atoms with E-state index in [1.54, 1.807) is 6.07 Å². The van der Waals surface area contributed by atoms with E-state index in [0.29, 0.717) is 21.6 Å². The number of halogens is 3. The van der Waals surface area contributed by atoms with Crippen LogP contribution in [0.4, 0.5) is 0 Å². The highest BCUT2D eigenvalue weighted by molar-refractivity contribution is 6.48. The second-order valence-electron chi connectivity index (χ2n) is 3.16. The van der Waals surface area contributed by atoms with E-state index >= 15 is 0 Å². The Balaban J connectivity index is 2.90. The zero-order chi connectivity index (χ0) is 11.4. The molecule has 1 rings (SSSR count). The van der Waals surface area contributed by atoms with Gasteiger partial charge in [-0.15, -0.1) is 0 Å². The van der Waals surface area contributed by atoms with Crippen LogP contribution < -0.4 is 5.32 Å². The molecule has 0 amide bonds. The second-order valence-corrected chi connectivity index (χ2v) is 4.33. The van der Waals surface area contributed by atoms with Crippen molar-refractivity contribution in [3.05, 3.63) is 32.8 Å². The predicted molar refractivity (Wildman–Crippen MR) is 65.0 cm³/mol. The van der Waals surface area contributed by atoms with Crippen molar-refractivity contribution in [1.82, 2.24) is 5.32 Å². The van der Waals surface area contributed by atoms with Gasteiger partial charge >= 0.3 is 0 Å². The normalized spacial score (nSPS) is 12.9. The fourth-order valence-electron chi connectivity index (χ4n) is 1.27. The van der Waals surface area contributed by atoms with E-state index in [9.17, 15) is 0 Å². The van der Waals surface area contributed by atoms with E-state index in [1.807, 2.05) is 13.0 Å². The molecule has 5 heteroatoms. The number of nitrogens with one attached hydrogen (secondary N) is 1. The van der Waals surface area contributed by atoms with Gasteiger partial charge in [-0.3, -0.25) is 0 Å². The average Bonchev–Trinajstić information content (AvgIpc) is 2.23. The second kappa shape index (κ2) is 5.92. The Morgan fingerprint density at radius 1 is 1.27 bits per heavy atom. The Bertz CT molecular complexity index is 344. The first kappa shape index (κ1) is 13.1. The van der Waals surface area contributed by atoms with Gasteiger partial charge in [0.05, 0.1) is 21.7 Å². The van der Waals surface area contributed by atoms with Crippen molar-refractivity contribution >= 4 is 34.8 Å². The van der Waals surface area contributed by atoms with Crippen molar-refractivity contribution in [1.29, 1.82) is 0 Å². The lowest BCUT2D eigenvalue weighted by Gasteiger charge is -2.16. The molecule has 0 aliphatic carbocycles. The molecule has 0 aromatic heterocycles. The molecule has 0 radical (unpaired) electrons. The van der Waals surface area contributed by atoms with Gasteiger partial charge in [-0.1, -0.05) is 40.9 Å². The van der Waals surface area contributed by atoms with Crippen LogP contribution in [0.5, 0.6) is 0 Å². The molecule has 0 saturated heterocycles. The van der Waals surface area contributed by atoms with Crippen LogP contribution in [0.2, 0.25) is 15.1 Å². The summed E-state index contributed by atoms with van der Waals surface area (Å²) in [6.45, 7) is 2.54. The maximum Gasteiger partial charge on any atom is 0.0781 e. The highest BCUT2D eigenvalue weighted by Crippen LogP contribution is 2.35. The van der Waals surface area contributed by atoms with Gasteiger partial charge in [-0.05, 0) is 18.6 Å². The molecule has 2 nitrogen and oxygen atoms in total. The summed E-state index contributed by atoms with van der Waals surface area (Å²) in [6.07, 6.45) is 0. The molecule has 0 unspecified atom stereocenters. The Morgan fingerprint density at radius 2 is 1.93 bits per heavy atom. The van der Waals surface area contributed by atoms with Crippen LogP contribution in [0.15, 0.2) is 12.1 Å². The average molecular weight is 269 g/mol. The number of hydrogen-bond acceptors (Lipinski definition) is 2. The molecule has 15 heavy (non-hydrogen) atoms. The Hall–Kier alpha value is 0.01000. The zero-order valence-corrected chi connectivity index (χ0v) is 10.5. The van der Waals surface area contributed by atoms with Crippen LogP contribution in [-0.2, 0) is 0 Å². The van der Waals surface area contributed by atoms with Crippen LogP contribution in [-0.4, -0.2) is 18.3 Å². The standard InChI is InChI=1S/C10H12Cl3NO/c1-6(14-4-5-15)7-2-3-8(11)10(13)9(7)12/h2-3,6,14-15H,4-5H2,1H3/t6-/m0/s1. The quantitative estimate of drug-likeness (QED) is 0.821. The lowest BCUT2D eigenvalue weighted by atomic mass is 10.1. The van der Waals surface area contributed by atoms with Crippen LogP contribution in [0, 0.1) is 0 Å². The smallest absolute Gasteiger partial charge is 0.0781 e. The monoisotopic (exact) mass is 267 g/mol. The number of hydrogen-bond donors (Lipinski definition) is 2. The third-order valence-corrected chi connectivity index (χ3v) is 3.40. The van der Waals surface area contributed by atoms with Gasteiger partial charge in [-0.25, -0.2) is 0 Å². The first-order valence-corrected chi connectivity index (χ1v) is 5.69. The van der Waals surface area contributed by atoms with Crippen molar-refractivity contribution in [3.63, 3.8) is 0 Å². The summed E-state index contributed by atoms with van der Waals surface area (Å²) in [7, 11) is 0. The lowest BCUT2D eigenvalue weighted by Crippen LogP contribution is -2.22. The Labute approximate surface area is 104 Å². The molecule has 1 aromatic carbocycles. The zero-order valence-electron chi connectivity index (χ0n) is 8.23. The topological polar surface area (TPSA) is 32.3 Å². The first-order valence-electron chi connectivity index (χ1n) is 4.55. The van der Waals surface area contributed by atoms with E-state index in [-0.39, 0.29) is 12.6 Å². The summed E-state index contributed by atoms with van der Waals surface area (Å²) in [5, 5.41) is 13.1. The van der Waals surface area contributed by atoms with Gasteiger partial charge in [0.1, 0.15) is 0 Å². The molecule has 1 atom stereocenters. The number of rotatable bonds is 4. The highest BCUT2D eigenvalue weighted by atomic mass is 35.5. The van der Waals surface area contributed by atoms with Crippen LogP contribution in [0.1, 0.15) is 18.5 Å². The summed E-state index contributed by atoms with van der Waals surface area (Å²) in [4.78, 5) is 0. The molecule has 0 bridgehead atoms. The fraction of sp³-hybridized carbons (Fsp3) is 0.400. The molecular formula is C10H12Cl3NO. The summed E-state index contributed by atoms with van der Waals surface area (Å²) < 4.78 is 0. The molecular weight excluding hydrogens is 256 g/mol. The van der Waals surface area contributed by atoms with E-state index in [4.69, 9.17) is 39.9 Å². The SMILES string of the molecule is C[C@H](NCCO)c1ccc(Cl)c(Cl)c1Cl. The molecule has 0 fully saturated rings. The molecule has 2 N–H and O–H groups in total. The minimum atomic E-state index is 0.0272. The van der Waals surface area contributed by atoms with Crippen molar-refractivity contribution < 1.29 is 5.11 Å². The van der Waals surface area contributed by atoms with E-state index in [1.165, 1.54) is 0 Å². The summed E-state index contributed by atoms with van der Waals surface area (Å²) in [5.74, 6) is 0. The van der Waals surface area contributed by atoms with E-state index in [0.717, 1.165) is 5.56 Å². The molecule has 1 aromatic rings. The maximum absolute atomic E-state index is 8.69. The minimum absolute atomic E-state index is 0.0272. The molecule has 0 saturated carbocycles. The van der Waals surface area contributed by atoms with Crippen LogP contribution >= 0.6 is 34.8 Å². The van der Waals surface area contributed by atoms with Gasteiger partial charge in [-0.2, -0.15) is 0 Å². The van der Waals surface area contributed by atoms with Crippen molar-refractivity contribution in [3.8, 4) is 0 Å². The van der Waals surface area contributed by atoms with Gasteiger partial charge in [0, 0.05) is 12.6 Å². The van der Waals surface area contributed by atoms with Crippen LogP contribution in [0.3, 0.4) is 0 Å². The summed E-state index contributed by atoms with van der Waals surface area (Å²) in [6, 6.07) is 3.56. The van der Waals surface area contributed by atoms with Gasteiger partial charge < -0.3 is 10.4 Å². The third kappa shape index (κ3) is 3.23. The predicted octanol–water partition coefficient (Wildman–Crippen LogP) is 3.29. The largest absolute Gasteiger partial charge is 0.395 e. The Morgan fingerprint density at radius 3 is 2.53 bits per heavy atom. The first-order chi connectivity index (χ1) is 7.07. The number of aliphatic hydroxyl groups excluding tert-OH is 1. The van der Waals surface area contributed by atoms with Gasteiger partial charge in [0.25, 0.3) is 0 Å². The van der Waals surface area contributed by atoms with Crippen molar-refractivity contribution in [2.45, 2.75) is 13.0 Å². The molecule has 0 spiro atoms. The minimum Gasteiger partial charge on any atom is -0.395 e. The van der Waals surface area contributed by atoms with Crippen molar-refractivity contribution in [2.75, 3.05) is 13.2 Å². The summed E-state index contributed by atoms with van der Waals surface area (Å²) in [5.41, 5.74) is 0.875. The molecule has 0 heterocycles. The number of benzene rings is 1. The fourth-order valence-corrected chi connectivity index (χ4v) is 1.97. The summed E-state index contributed by atoms with van der Waals surface area (Å²) >= 11 is 17.8. The van der Waals surface area contributed by atoms with Crippen molar-refractivity contribution in [2.24, 2.45) is 0 Å². The molecule has 0 aliphatic heterocycles. The highest BCUT2D eigenvalue weighted by Gasteiger charge is 2.13. The van der Waals surface area contributed by atoms with E-state index < -0.39 is 0 Å². The van der Waals surface area contributed by atoms with Gasteiger partial charge in [0.15, 0.2) is 0 Å². The lowest BCUT2D eigenvalue weighted by molar-refractivity contribution is 0.286. The maximum atomic E-state index is 8.69. The third-order valence-electron chi connectivity index (χ3n) is 2.09. The number of aliphatic hydroxyl groups is 1. The molecule has 0 aliphatic rings. The van der Waals surface area contributed by atoms with Gasteiger partial charge in [0.2, 0.25) is 0 Å². The van der Waals surface area contributed by atoms with E-state index in [2.05, 4.69) is 5.32 Å². The Kier molecular flexibility index (Phi) is 5.16. The molecule has 84 valence electrons. The van der Waals surface area contributed by atoms with Crippen LogP contribution in [0.25, 0.3) is 0 Å².